The number of ether oxygens (including phenoxy) is 1. The summed E-state index contributed by atoms with van der Waals surface area (Å²) in [4.78, 5) is 15.0. The second-order valence-corrected chi connectivity index (χ2v) is 9.80. The van der Waals surface area contributed by atoms with E-state index in [4.69, 9.17) is 9.15 Å². The van der Waals surface area contributed by atoms with Crippen LogP contribution in [0.1, 0.15) is 25.0 Å². The van der Waals surface area contributed by atoms with Crippen molar-refractivity contribution in [1.29, 1.82) is 5.26 Å². The number of amides is 1. The number of hydrogen-bond acceptors (Lipinski definition) is 8. The van der Waals surface area contributed by atoms with E-state index in [0.29, 0.717) is 11.5 Å². The predicted octanol–water partition coefficient (Wildman–Crippen LogP) is 2.59. The van der Waals surface area contributed by atoms with E-state index in [1.54, 1.807) is 12.1 Å². The van der Waals surface area contributed by atoms with Gasteiger partial charge in [0.15, 0.2) is 0 Å². The average molecular weight is 518 g/mol. The minimum absolute atomic E-state index is 0.136. The molecule has 3 heterocycles. The molecule has 4 N–H and O–H groups in total. The van der Waals surface area contributed by atoms with Crippen LogP contribution in [0.15, 0.2) is 58.5 Å². The molecule has 0 unspecified atom stereocenters. The molecule has 9 nitrogen and oxygen atoms in total. The molecular weight excluding hydrogens is 486 g/mol. The fourth-order valence-corrected chi connectivity index (χ4v) is 4.95. The van der Waals surface area contributed by atoms with Crippen molar-refractivity contribution in [2.75, 3.05) is 31.1 Å². The highest BCUT2D eigenvalue weighted by Gasteiger charge is 2.37. The molecule has 9 heteroatoms. The Morgan fingerprint density at radius 2 is 1.79 bits per heavy atom. The van der Waals surface area contributed by atoms with E-state index in [2.05, 4.69) is 40.5 Å². The standard InChI is InChI=1S/C29H31N3O6/c30-15-21(29(36)31-16-26-28(35)27(34)24(33)17-37-26)14-23-8-9-25(38-23)20-5-4-19-13-22(7-6-18(19)12-20)32-10-2-1-3-11-32/h4-9,12-14,24,26-28,33-35H,1-3,10-11,16-17H2,(H,31,36)/b21-14+/t24-,26+,27+,28+/m0/s1. The number of hydrogen-bond donors (Lipinski definition) is 4. The van der Waals surface area contributed by atoms with Crippen molar-refractivity contribution in [2.24, 2.45) is 0 Å². The quantitative estimate of drug-likeness (QED) is 0.289. The number of anilines is 1. The normalized spacial score (nSPS) is 24.3. The highest BCUT2D eigenvalue weighted by atomic mass is 16.5. The molecular formula is C29H31N3O6. The fourth-order valence-electron chi connectivity index (χ4n) is 4.95. The number of carbonyl (C=O) groups is 1. The van der Waals surface area contributed by atoms with Crippen LogP contribution in [0.5, 0.6) is 0 Å². The van der Waals surface area contributed by atoms with Gasteiger partial charge in [-0.05, 0) is 60.4 Å². The van der Waals surface area contributed by atoms with Gasteiger partial charge >= 0.3 is 0 Å². The van der Waals surface area contributed by atoms with Crippen LogP contribution < -0.4 is 10.2 Å². The molecule has 4 atom stereocenters. The van der Waals surface area contributed by atoms with Crippen LogP contribution in [-0.4, -0.2) is 71.9 Å². The third-order valence-corrected chi connectivity index (χ3v) is 7.18. The number of piperidine rings is 1. The maximum atomic E-state index is 12.5. The van der Waals surface area contributed by atoms with E-state index in [0.717, 1.165) is 29.4 Å². The number of furan rings is 1. The number of rotatable bonds is 6. The average Bonchev–Trinajstić information content (AvgIpc) is 3.42. The molecule has 38 heavy (non-hydrogen) atoms. The first-order valence-electron chi connectivity index (χ1n) is 12.9. The molecule has 2 aromatic carbocycles. The van der Waals surface area contributed by atoms with Crippen molar-refractivity contribution >= 4 is 28.4 Å². The van der Waals surface area contributed by atoms with E-state index >= 15 is 0 Å². The largest absolute Gasteiger partial charge is 0.457 e. The molecule has 3 aromatic rings. The predicted molar refractivity (Wildman–Crippen MR) is 142 cm³/mol. The molecule has 0 saturated carbocycles. The Morgan fingerprint density at radius 1 is 1.03 bits per heavy atom. The van der Waals surface area contributed by atoms with Crippen LogP contribution in [0.25, 0.3) is 28.2 Å². The summed E-state index contributed by atoms with van der Waals surface area (Å²) >= 11 is 0. The summed E-state index contributed by atoms with van der Waals surface area (Å²) in [5.74, 6) is 0.291. The lowest BCUT2D eigenvalue weighted by Crippen LogP contribution is -2.56. The van der Waals surface area contributed by atoms with Crippen LogP contribution in [-0.2, 0) is 9.53 Å². The van der Waals surface area contributed by atoms with E-state index in [1.807, 2.05) is 12.1 Å². The van der Waals surface area contributed by atoms with E-state index < -0.39 is 30.3 Å². The number of aliphatic hydroxyl groups excluding tert-OH is 3. The fraction of sp³-hybridized carbons (Fsp3) is 0.379. The Morgan fingerprint density at radius 3 is 2.58 bits per heavy atom. The molecule has 0 aliphatic carbocycles. The second-order valence-electron chi connectivity index (χ2n) is 9.80. The van der Waals surface area contributed by atoms with Crippen molar-refractivity contribution in [1.82, 2.24) is 5.32 Å². The zero-order valence-corrected chi connectivity index (χ0v) is 20.9. The van der Waals surface area contributed by atoms with Crippen molar-refractivity contribution < 1.29 is 29.3 Å². The molecule has 0 bridgehead atoms. The number of nitriles is 1. The minimum atomic E-state index is -1.37. The summed E-state index contributed by atoms with van der Waals surface area (Å²) in [6, 6.07) is 18.0. The monoisotopic (exact) mass is 517 g/mol. The van der Waals surface area contributed by atoms with E-state index in [1.165, 1.54) is 31.0 Å². The molecule has 2 aliphatic rings. The first kappa shape index (κ1) is 25.9. The van der Waals surface area contributed by atoms with Crippen LogP contribution in [0, 0.1) is 11.3 Å². The molecule has 1 aromatic heterocycles. The lowest BCUT2D eigenvalue weighted by molar-refractivity contribution is -0.185. The van der Waals surface area contributed by atoms with Crippen molar-refractivity contribution in [3.63, 3.8) is 0 Å². The number of aliphatic hydroxyl groups is 3. The Kier molecular flexibility index (Phi) is 7.77. The van der Waals surface area contributed by atoms with Gasteiger partial charge in [0.05, 0.1) is 6.61 Å². The van der Waals surface area contributed by atoms with Crippen molar-refractivity contribution in [2.45, 2.75) is 43.7 Å². The highest BCUT2D eigenvalue weighted by Crippen LogP contribution is 2.30. The van der Waals surface area contributed by atoms with Crippen LogP contribution in [0.4, 0.5) is 5.69 Å². The number of nitrogens with one attached hydrogen (secondary N) is 1. The van der Waals surface area contributed by atoms with Gasteiger partial charge in [-0.3, -0.25) is 4.79 Å². The van der Waals surface area contributed by atoms with Gasteiger partial charge in [0, 0.05) is 37.0 Å². The number of carbonyl (C=O) groups excluding carboxylic acids is 1. The van der Waals surface area contributed by atoms with Gasteiger partial charge in [-0.2, -0.15) is 5.26 Å². The first-order valence-corrected chi connectivity index (χ1v) is 12.9. The maximum absolute atomic E-state index is 12.5. The van der Waals surface area contributed by atoms with Gasteiger partial charge in [0.2, 0.25) is 0 Å². The highest BCUT2D eigenvalue weighted by molar-refractivity contribution is 6.01. The third kappa shape index (κ3) is 5.59. The van der Waals surface area contributed by atoms with Crippen molar-refractivity contribution in [3.8, 4) is 17.4 Å². The first-order chi connectivity index (χ1) is 18.4. The van der Waals surface area contributed by atoms with Gasteiger partial charge in [-0.1, -0.05) is 18.2 Å². The zero-order chi connectivity index (χ0) is 26.6. The summed E-state index contributed by atoms with van der Waals surface area (Å²) in [6.07, 6.45) is 0.273. The molecule has 1 amide bonds. The third-order valence-electron chi connectivity index (χ3n) is 7.18. The lowest BCUT2D eigenvalue weighted by Gasteiger charge is -2.35. The summed E-state index contributed by atoms with van der Waals surface area (Å²) in [6.45, 7) is 1.89. The van der Waals surface area contributed by atoms with Crippen LogP contribution in [0.3, 0.4) is 0 Å². The second kappa shape index (κ2) is 11.4. The maximum Gasteiger partial charge on any atom is 0.262 e. The molecule has 2 aliphatic heterocycles. The van der Waals surface area contributed by atoms with Gasteiger partial charge in [0.25, 0.3) is 5.91 Å². The Labute approximate surface area is 220 Å². The van der Waals surface area contributed by atoms with Gasteiger partial charge in [-0.15, -0.1) is 0 Å². The molecule has 2 saturated heterocycles. The Hall–Kier alpha value is -3.68. The van der Waals surface area contributed by atoms with Crippen LogP contribution in [0.2, 0.25) is 0 Å². The topological polar surface area (TPSA) is 139 Å². The van der Waals surface area contributed by atoms with Gasteiger partial charge in [0.1, 0.15) is 47.6 Å². The summed E-state index contributed by atoms with van der Waals surface area (Å²) in [7, 11) is 0. The van der Waals surface area contributed by atoms with Gasteiger partial charge < -0.3 is 34.7 Å². The van der Waals surface area contributed by atoms with E-state index in [-0.39, 0.29) is 18.7 Å². The number of nitrogens with zero attached hydrogens (tertiary/aromatic N) is 2. The Balaban J connectivity index is 1.26. The molecule has 0 radical (unpaired) electrons. The summed E-state index contributed by atoms with van der Waals surface area (Å²) < 4.78 is 11.2. The molecule has 0 spiro atoms. The summed E-state index contributed by atoms with van der Waals surface area (Å²) in [5, 5.41) is 43.6. The smallest absolute Gasteiger partial charge is 0.262 e. The van der Waals surface area contributed by atoms with E-state index in [9.17, 15) is 25.4 Å². The number of benzene rings is 2. The molecule has 198 valence electrons. The van der Waals surface area contributed by atoms with Crippen LogP contribution >= 0.6 is 0 Å². The number of fused-ring (bicyclic) bond motifs is 1. The molecule has 5 rings (SSSR count). The minimum Gasteiger partial charge on any atom is -0.457 e. The zero-order valence-electron chi connectivity index (χ0n) is 20.9. The summed E-state index contributed by atoms with van der Waals surface area (Å²) in [5.41, 5.74) is 1.95. The SMILES string of the molecule is N#C/C(=C\c1ccc(-c2ccc3cc(N4CCCCC4)ccc3c2)o1)C(=O)NC[C@H]1OC[C@H](O)[C@@H](O)[C@@H]1O. The Bertz CT molecular complexity index is 1370. The molecule has 2 fully saturated rings. The van der Waals surface area contributed by atoms with Crippen molar-refractivity contribution in [3.05, 3.63) is 59.9 Å². The lowest BCUT2D eigenvalue weighted by atomic mass is 10.00. The van der Waals surface area contributed by atoms with Gasteiger partial charge in [-0.25, -0.2) is 0 Å².